The van der Waals surface area contributed by atoms with E-state index in [0.29, 0.717) is 6.54 Å². The molecule has 2 aromatic heterocycles. The van der Waals surface area contributed by atoms with Crippen molar-refractivity contribution in [2.24, 2.45) is 0 Å². The number of aliphatic carboxylic acids is 1. The first-order valence-corrected chi connectivity index (χ1v) is 9.09. The predicted octanol–water partition coefficient (Wildman–Crippen LogP) is 0.980. The highest BCUT2D eigenvalue weighted by Crippen LogP contribution is 2.26. The van der Waals surface area contributed by atoms with Crippen molar-refractivity contribution in [3.8, 4) is 0 Å². The quantitative estimate of drug-likeness (QED) is 0.905. The van der Waals surface area contributed by atoms with Crippen LogP contribution in [0.3, 0.4) is 0 Å². The Morgan fingerprint density at radius 3 is 3.05 bits per heavy atom. The molecule has 8 heteroatoms. The van der Waals surface area contributed by atoms with Gasteiger partial charge in [-0.25, -0.2) is 8.42 Å². The summed E-state index contributed by atoms with van der Waals surface area (Å²) in [6, 6.07) is 4.78. The molecule has 0 spiro atoms. The van der Waals surface area contributed by atoms with Crippen molar-refractivity contribution >= 4 is 37.4 Å². The lowest BCUT2D eigenvalue weighted by Crippen LogP contribution is -2.51. The SMILES string of the molecule is O=C(O)C1CS(=O)(=O)CCN1Cc1cc2ncccc2s1. The summed E-state index contributed by atoms with van der Waals surface area (Å²) in [6.07, 6.45) is 1.71. The molecule has 1 unspecified atom stereocenters. The van der Waals surface area contributed by atoms with Crippen LogP contribution in [-0.2, 0) is 21.2 Å². The number of carbonyl (C=O) groups is 1. The van der Waals surface area contributed by atoms with Gasteiger partial charge in [-0.15, -0.1) is 11.3 Å². The number of pyridine rings is 1. The number of carboxylic acid groups (broad SMARTS) is 1. The number of aromatic nitrogens is 1. The Balaban J connectivity index is 1.84. The third kappa shape index (κ3) is 3.07. The molecule has 21 heavy (non-hydrogen) atoms. The minimum absolute atomic E-state index is 0.0138. The third-order valence-corrected chi connectivity index (χ3v) is 6.23. The number of hydrogen-bond donors (Lipinski definition) is 1. The average molecular weight is 326 g/mol. The normalized spacial score (nSPS) is 22.4. The lowest BCUT2D eigenvalue weighted by atomic mass is 10.2. The molecule has 0 bridgehead atoms. The summed E-state index contributed by atoms with van der Waals surface area (Å²) in [5.41, 5.74) is 0.883. The first kappa shape index (κ1) is 14.4. The molecule has 112 valence electrons. The number of nitrogens with zero attached hydrogens (tertiary/aromatic N) is 2. The van der Waals surface area contributed by atoms with Gasteiger partial charge in [-0.3, -0.25) is 14.7 Å². The molecule has 0 saturated carbocycles. The number of carboxylic acids is 1. The second kappa shape index (κ2) is 5.36. The highest BCUT2D eigenvalue weighted by molar-refractivity contribution is 7.91. The van der Waals surface area contributed by atoms with Crippen molar-refractivity contribution < 1.29 is 18.3 Å². The van der Waals surface area contributed by atoms with Crippen molar-refractivity contribution in [2.45, 2.75) is 12.6 Å². The lowest BCUT2D eigenvalue weighted by molar-refractivity contribution is -0.142. The number of hydrogen-bond acceptors (Lipinski definition) is 6. The van der Waals surface area contributed by atoms with Gasteiger partial charge in [0, 0.05) is 24.2 Å². The summed E-state index contributed by atoms with van der Waals surface area (Å²) in [4.78, 5) is 18.3. The van der Waals surface area contributed by atoms with E-state index in [1.165, 1.54) is 0 Å². The summed E-state index contributed by atoms with van der Waals surface area (Å²) in [7, 11) is -3.26. The van der Waals surface area contributed by atoms with Crippen LogP contribution in [0, 0.1) is 0 Å². The molecule has 1 fully saturated rings. The Labute approximate surface area is 125 Å². The average Bonchev–Trinajstić information content (AvgIpc) is 2.82. The lowest BCUT2D eigenvalue weighted by Gasteiger charge is -2.32. The van der Waals surface area contributed by atoms with Gasteiger partial charge < -0.3 is 5.11 Å². The summed E-state index contributed by atoms with van der Waals surface area (Å²) in [5.74, 6) is -1.39. The van der Waals surface area contributed by atoms with E-state index < -0.39 is 21.8 Å². The van der Waals surface area contributed by atoms with Crippen LogP contribution in [0.15, 0.2) is 24.4 Å². The molecule has 3 rings (SSSR count). The maximum Gasteiger partial charge on any atom is 0.321 e. The van der Waals surface area contributed by atoms with Crippen LogP contribution in [0.4, 0.5) is 0 Å². The Bertz CT molecular complexity index is 751. The maximum absolute atomic E-state index is 11.6. The molecule has 1 N–H and O–H groups in total. The van der Waals surface area contributed by atoms with E-state index in [1.54, 1.807) is 22.4 Å². The van der Waals surface area contributed by atoms with Crippen molar-refractivity contribution in [3.05, 3.63) is 29.3 Å². The van der Waals surface area contributed by atoms with E-state index in [1.807, 2.05) is 18.2 Å². The monoisotopic (exact) mass is 326 g/mol. The fraction of sp³-hybridized carbons (Fsp3) is 0.385. The van der Waals surface area contributed by atoms with E-state index in [-0.39, 0.29) is 18.1 Å². The Hall–Kier alpha value is -1.51. The van der Waals surface area contributed by atoms with E-state index in [0.717, 1.165) is 15.1 Å². The molecule has 0 aromatic carbocycles. The molecule has 1 aliphatic rings. The van der Waals surface area contributed by atoms with Crippen molar-refractivity contribution in [1.29, 1.82) is 0 Å². The number of thiophene rings is 1. The molecule has 0 amide bonds. The van der Waals surface area contributed by atoms with E-state index >= 15 is 0 Å². The minimum Gasteiger partial charge on any atom is -0.480 e. The number of fused-ring (bicyclic) bond motifs is 1. The van der Waals surface area contributed by atoms with Crippen LogP contribution in [0.5, 0.6) is 0 Å². The molecule has 0 aliphatic carbocycles. The molecule has 1 atom stereocenters. The van der Waals surface area contributed by atoms with Crippen LogP contribution >= 0.6 is 11.3 Å². The van der Waals surface area contributed by atoms with E-state index in [2.05, 4.69) is 4.98 Å². The van der Waals surface area contributed by atoms with Gasteiger partial charge in [0.1, 0.15) is 6.04 Å². The second-order valence-electron chi connectivity index (χ2n) is 5.04. The van der Waals surface area contributed by atoms with Gasteiger partial charge in [-0.2, -0.15) is 0 Å². The molecular formula is C13H14N2O4S2. The summed E-state index contributed by atoms with van der Waals surface area (Å²) in [5, 5.41) is 9.24. The van der Waals surface area contributed by atoms with Gasteiger partial charge in [0.25, 0.3) is 0 Å². The molecule has 6 nitrogen and oxygen atoms in total. The largest absolute Gasteiger partial charge is 0.480 e. The zero-order valence-electron chi connectivity index (χ0n) is 11.1. The fourth-order valence-electron chi connectivity index (χ4n) is 2.46. The van der Waals surface area contributed by atoms with Gasteiger partial charge in [-0.05, 0) is 18.2 Å². The molecule has 1 saturated heterocycles. The summed E-state index contributed by atoms with van der Waals surface area (Å²) in [6.45, 7) is 0.689. The van der Waals surface area contributed by atoms with E-state index in [4.69, 9.17) is 0 Å². The topological polar surface area (TPSA) is 87.6 Å². The predicted molar refractivity (Wildman–Crippen MR) is 80.1 cm³/mol. The smallest absolute Gasteiger partial charge is 0.321 e. The van der Waals surface area contributed by atoms with E-state index in [9.17, 15) is 18.3 Å². The van der Waals surface area contributed by atoms with Crippen molar-refractivity contribution in [3.63, 3.8) is 0 Å². The first-order valence-electron chi connectivity index (χ1n) is 6.45. The Morgan fingerprint density at radius 1 is 1.52 bits per heavy atom. The minimum atomic E-state index is -3.26. The molecule has 0 radical (unpaired) electrons. The Morgan fingerprint density at radius 2 is 2.33 bits per heavy atom. The maximum atomic E-state index is 11.6. The van der Waals surface area contributed by atoms with Gasteiger partial charge in [0.2, 0.25) is 0 Å². The van der Waals surface area contributed by atoms with Gasteiger partial charge in [-0.1, -0.05) is 0 Å². The zero-order chi connectivity index (χ0) is 15.0. The van der Waals surface area contributed by atoms with Gasteiger partial charge >= 0.3 is 5.97 Å². The highest BCUT2D eigenvalue weighted by atomic mass is 32.2. The van der Waals surface area contributed by atoms with Gasteiger partial charge in [0.15, 0.2) is 9.84 Å². The first-order chi connectivity index (χ1) is 9.94. The molecule has 3 heterocycles. The molecular weight excluding hydrogens is 312 g/mol. The Kier molecular flexibility index (Phi) is 3.68. The zero-order valence-corrected chi connectivity index (χ0v) is 12.7. The van der Waals surface area contributed by atoms with Crippen molar-refractivity contribution in [2.75, 3.05) is 18.1 Å². The number of rotatable bonds is 3. The van der Waals surface area contributed by atoms with Crippen LogP contribution in [-0.4, -0.2) is 53.5 Å². The third-order valence-electron chi connectivity index (χ3n) is 3.52. The molecule has 1 aliphatic heterocycles. The molecule has 2 aromatic rings. The van der Waals surface area contributed by atoms with Crippen LogP contribution < -0.4 is 0 Å². The fourth-order valence-corrected chi connectivity index (χ4v) is 5.02. The standard InChI is InChI=1S/C13H14N2O4S2/c16-13(17)11-8-21(18,19)5-4-15(11)7-9-6-10-12(20-9)2-1-3-14-10/h1-3,6,11H,4-5,7-8H2,(H,16,17). The summed E-state index contributed by atoms with van der Waals surface area (Å²) < 4.78 is 24.3. The summed E-state index contributed by atoms with van der Waals surface area (Å²) >= 11 is 1.56. The van der Waals surface area contributed by atoms with Crippen molar-refractivity contribution in [1.82, 2.24) is 9.88 Å². The van der Waals surface area contributed by atoms with Gasteiger partial charge in [0.05, 0.1) is 21.7 Å². The van der Waals surface area contributed by atoms with Crippen LogP contribution in [0.2, 0.25) is 0 Å². The van der Waals surface area contributed by atoms with Crippen LogP contribution in [0.1, 0.15) is 4.88 Å². The van der Waals surface area contributed by atoms with Crippen LogP contribution in [0.25, 0.3) is 10.2 Å². The highest BCUT2D eigenvalue weighted by Gasteiger charge is 2.36. The number of sulfone groups is 1. The second-order valence-corrected chi connectivity index (χ2v) is 8.44.